The summed E-state index contributed by atoms with van der Waals surface area (Å²) in [4.78, 5) is 20.7. The van der Waals surface area contributed by atoms with Crippen LogP contribution in [0.15, 0.2) is 60.7 Å². The summed E-state index contributed by atoms with van der Waals surface area (Å²) in [5, 5.41) is 20.7. The van der Waals surface area contributed by atoms with Crippen molar-refractivity contribution in [2.75, 3.05) is 0 Å². The number of benzene rings is 2. The van der Waals surface area contributed by atoms with Gasteiger partial charge in [0.1, 0.15) is 0 Å². The van der Waals surface area contributed by atoms with Crippen LogP contribution in [0.25, 0.3) is 0 Å². The van der Waals surface area contributed by atoms with Crippen LogP contribution in [-0.2, 0) is 9.59 Å². The molecule has 0 aliphatic heterocycles. The summed E-state index contributed by atoms with van der Waals surface area (Å²) in [7, 11) is 0. The summed E-state index contributed by atoms with van der Waals surface area (Å²) >= 11 is 0. The number of carbonyl (C=O) groups excluding carboxylic acids is 2. The van der Waals surface area contributed by atoms with Crippen LogP contribution in [0.1, 0.15) is 229 Å². The second-order valence-electron chi connectivity index (χ2n) is 15.4. The predicted octanol–water partition coefficient (Wildman–Crippen LogP) is 12.4. The maximum Gasteiger partial charge on any atom is 2.00 e. The van der Waals surface area contributed by atoms with Crippen molar-refractivity contribution < 1.29 is 19.8 Å². The first kappa shape index (κ1) is 52.0. The Balaban J connectivity index is 0.00000100. The van der Waals surface area contributed by atoms with Crippen molar-refractivity contribution in [2.45, 2.75) is 218 Å². The zero-order chi connectivity index (χ0) is 37.7. The number of hydrogen-bond acceptors (Lipinski definition) is 4. The molecule has 0 spiro atoms. The normalized spacial score (nSPS) is 12.0. The van der Waals surface area contributed by atoms with Crippen molar-refractivity contribution >= 4 is 60.8 Å². The molecule has 53 heavy (non-hydrogen) atoms. The fraction of sp³-hybridized carbons (Fsp3) is 0.708. The van der Waals surface area contributed by atoms with Gasteiger partial charge < -0.3 is 19.8 Å². The molecular weight excluding hydrogens is 778 g/mol. The minimum Gasteiger partial charge on any atom is -0.550 e. The number of carboxylic acid groups (broad SMARTS) is 2. The van der Waals surface area contributed by atoms with Crippen LogP contribution in [-0.4, -0.2) is 60.8 Å². The van der Waals surface area contributed by atoms with Crippen molar-refractivity contribution in [3.8, 4) is 0 Å². The van der Waals surface area contributed by atoms with Crippen molar-refractivity contribution in [1.29, 1.82) is 0 Å². The van der Waals surface area contributed by atoms with Gasteiger partial charge in [-0.3, -0.25) is 0 Å². The molecular formula is C48H78BaO4. The van der Waals surface area contributed by atoms with Gasteiger partial charge in [-0.2, -0.15) is 0 Å². The molecule has 0 radical (unpaired) electrons. The molecule has 0 bridgehead atoms. The van der Waals surface area contributed by atoms with E-state index in [0.29, 0.717) is 0 Å². The summed E-state index contributed by atoms with van der Waals surface area (Å²) in [6.45, 7) is 4.55. The van der Waals surface area contributed by atoms with Gasteiger partial charge in [-0.1, -0.05) is 216 Å². The van der Waals surface area contributed by atoms with Crippen molar-refractivity contribution in [3.05, 3.63) is 71.8 Å². The van der Waals surface area contributed by atoms with Gasteiger partial charge in [0.15, 0.2) is 0 Å². The molecule has 2 aromatic carbocycles. The molecule has 0 saturated heterocycles. The number of unbranched alkanes of at least 4 members (excludes halogenated alkanes) is 20. The molecule has 296 valence electrons. The number of rotatable bonds is 34. The molecule has 0 saturated carbocycles. The SMILES string of the molecule is CCCCCCCC(CCCCCCCCCC(=O)[O-])c1ccccc1.CCCCCCCC(CCCCCCCCCC(=O)[O-])c1ccccc1.[Ba+2]. The third-order valence-electron chi connectivity index (χ3n) is 10.7. The Morgan fingerprint density at radius 1 is 0.396 bits per heavy atom. The predicted molar refractivity (Wildman–Crippen MR) is 224 cm³/mol. The molecule has 2 unspecified atom stereocenters. The molecule has 5 heteroatoms. The van der Waals surface area contributed by atoms with E-state index in [1.807, 2.05) is 0 Å². The Morgan fingerprint density at radius 2 is 0.642 bits per heavy atom. The van der Waals surface area contributed by atoms with E-state index in [2.05, 4.69) is 74.5 Å². The van der Waals surface area contributed by atoms with Crippen LogP contribution in [0.5, 0.6) is 0 Å². The zero-order valence-corrected chi connectivity index (χ0v) is 38.9. The van der Waals surface area contributed by atoms with E-state index in [0.717, 1.165) is 50.4 Å². The summed E-state index contributed by atoms with van der Waals surface area (Å²) in [6, 6.07) is 22.1. The van der Waals surface area contributed by atoms with Crippen LogP contribution >= 0.6 is 0 Å². The molecule has 2 rings (SSSR count). The maximum absolute atomic E-state index is 10.4. The van der Waals surface area contributed by atoms with E-state index in [4.69, 9.17) is 0 Å². The minimum atomic E-state index is -0.911. The molecule has 0 aromatic heterocycles. The van der Waals surface area contributed by atoms with Crippen molar-refractivity contribution in [3.63, 3.8) is 0 Å². The summed E-state index contributed by atoms with van der Waals surface area (Å²) in [5.41, 5.74) is 3.04. The van der Waals surface area contributed by atoms with Gasteiger partial charge in [-0.05, 0) is 74.3 Å². The Kier molecular flexibility index (Phi) is 38.4. The van der Waals surface area contributed by atoms with Gasteiger partial charge in [-0.25, -0.2) is 0 Å². The van der Waals surface area contributed by atoms with E-state index >= 15 is 0 Å². The van der Waals surface area contributed by atoms with Crippen LogP contribution in [0.4, 0.5) is 0 Å². The molecule has 0 fully saturated rings. The molecule has 0 aliphatic carbocycles. The van der Waals surface area contributed by atoms with Crippen LogP contribution in [0, 0.1) is 0 Å². The third kappa shape index (κ3) is 32.9. The first-order chi connectivity index (χ1) is 25.5. The monoisotopic (exact) mass is 856 g/mol. The summed E-state index contributed by atoms with van der Waals surface area (Å²) < 4.78 is 0. The fourth-order valence-electron chi connectivity index (χ4n) is 7.48. The second-order valence-corrected chi connectivity index (χ2v) is 15.4. The Hall–Kier alpha value is -1.05. The summed E-state index contributed by atoms with van der Waals surface area (Å²) in [6.07, 6.45) is 35.5. The van der Waals surface area contributed by atoms with Crippen molar-refractivity contribution in [1.82, 2.24) is 0 Å². The molecule has 0 amide bonds. The van der Waals surface area contributed by atoms with Crippen LogP contribution in [0.3, 0.4) is 0 Å². The maximum atomic E-state index is 10.4. The topological polar surface area (TPSA) is 80.3 Å². The van der Waals surface area contributed by atoms with E-state index in [1.165, 1.54) is 152 Å². The van der Waals surface area contributed by atoms with Crippen molar-refractivity contribution in [2.24, 2.45) is 0 Å². The largest absolute Gasteiger partial charge is 2.00 e. The second kappa shape index (κ2) is 39.2. The average molecular weight is 856 g/mol. The average Bonchev–Trinajstić information content (AvgIpc) is 3.15. The Morgan fingerprint density at radius 3 is 0.906 bits per heavy atom. The Bertz CT molecular complexity index is 974. The smallest absolute Gasteiger partial charge is 0.550 e. The van der Waals surface area contributed by atoms with E-state index < -0.39 is 11.9 Å². The molecule has 2 atom stereocenters. The van der Waals surface area contributed by atoms with Gasteiger partial charge in [0, 0.05) is 11.9 Å². The van der Waals surface area contributed by atoms with Gasteiger partial charge >= 0.3 is 48.9 Å². The van der Waals surface area contributed by atoms with Gasteiger partial charge in [0.25, 0.3) is 0 Å². The molecule has 0 aliphatic rings. The van der Waals surface area contributed by atoms with Gasteiger partial charge in [0.05, 0.1) is 0 Å². The fourth-order valence-corrected chi connectivity index (χ4v) is 7.48. The Labute approximate surface area is 367 Å². The third-order valence-corrected chi connectivity index (χ3v) is 10.7. The molecule has 0 N–H and O–H groups in total. The number of carbonyl (C=O) groups is 2. The number of aliphatic carboxylic acids is 2. The van der Waals surface area contributed by atoms with E-state index in [-0.39, 0.29) is 61.7 Å². The molecule has 2 aromatic rings. The zero-order valence-electron chi connectivity index (χ0n) is 34.5. The van der Waals surface area contributed by atoms with Crippen LogP contribution < -0.4 is 10.2 Å². The molecule has 4 nitrogen and oxygen atoms in total. The van der Waals surface area contributed by atoms with E-state index in [1.54, 1.807) is 0 Å². The standard InChI is InChI=1S/2C24H40O2.Ba/c2*1-2-3-4-8-12-17-22(23-19-14-11-15-20-23)18-13-9-6-5-7-10-16-21-24(25)26;/h2*11,14-15,19-20,22H,2-10,12-13,16-18,21H2,1H3,(H,25,26);/q;;+2/p-2. The first-order valence-corrected chi connectivity index (χ1v) is 22.0. The van der Waals surface area contributed by atoms with Crippen LogP contribution in [0.2, 0.25) is 0 Å². The number of hydrogen-bond donors (Lipinski definition) is 0. The summed E-state index contributed by atoms with van der Waals surface area (Å²) in [5.74, 6) is -0.375. The van der Waals surface area contributed by atoms with E-state index in [9.17, 15) is 19.8 Å². The first-order valence-electron chi connectivity index (χ1n) is 22.0. The quantitative estimate of drug-likeness (QED) is 0.0519. The number of carboxylic acids is 2. The van der Waals surface area contributed by atoms with Gasteiger partial charge in [0.2, 0.25) is 0 Å². The minimum absolute atomic E-state index is 0. The van der Waals surface area contributed by atoms with Gasteiger partial charge in [-0.15, -0.1) is 0 Å². The molecule has 0 heterocycles.